The van der Waals surface area contributed by atoms with Crippen molar-refractivity contribution in [1.29, 1.82) is 0 Å². The molecule has 202 valence electrons. The second kappa shape index (κ2) is 11.0. The lowest BCUT2D eigenvalue weighted by Crippen LogP contribution is -2.35. The molecule has 1 atom stereocenters. The van der Waals surface area contributed by atoms with Crippen molar-refractivity contribution in [2.75, 3.05) is 20.8 Å². The maximum absolute atomic E-state index is 14.4. The van der Waals surface area contributed by atoms with Gasteiger partial charge in [-0.3, -0.25) is 4.79 Å². The Bertz CT molecular complexity index is 1350. The minimum Gasteiger partial charge on any atom is -0.497 e. The number of aliphatic carboxylic acids is 1. The average Bonchev–Trinajstić information content (AvgIpc) is 3.30. The molecule has 2 aromatic carbocycles. The van der Waals surface area contributed by atoms with E-state index in [9.17, 15) is 19.1 Å². The van der Waals surface area contributed by atoms with E-state index in [0.29, 0.717) is 30.9 Å². The summed E-state index contributed by atoms with van der Waals surface area (Å²) in [5.41, 5.74) is 4.51. The zero-order chi connectivity index (χ0) is 26.8. The van der Waals surface area contributed by atoms with Crippen LogP contribution in [0.2, 0.25) is 0 Å². The lowest BCUT2D eigenvalue weighted by atomic mass is 9.88. The van der Waals surface area contributed by atoms with Crippen LogP contribution in [0.25, 0.3) is 11.0 Å². The van der Waals surface area contributed by atoms with Crippen molar-refractivity contribution in [3.05, 3.63) is 58.7 Å². The highest BCUT2D eigenvalue weighted by Gasteiger charge is 2.29. The number of nitrogens with zero attached hydrogens (tertiary/aromatic N) is 3. The Labute approximate surface area is 221 Å². The molecule has 38 heavy (non-hydrogen) atoms. The highest BCUT2D eigenvalue weighted by Crippen LogP contribution is 2.38. The third-order valence-electron chi connectivity index (χ3n) is 7.98. The predicted octanol–water partition coefficient (Wildman–Crippen LogP) is 5.61. The van der Waals surface area contributed by atoms with Crippen LogP contribution in [0.1, 0.15) is 72.9 Å². The normalized spacial score (nSPS) is 16.8. The SMILES string of the molecule is COC(=O)N1CCc2ccc3c(nc(C4CCCCC4)n3C[C@@H](CC(=O)O)c3cc(F)cc(OC)c3)c2C1. The summed E-state index contributed by atoms with van der Waals surface area (Å²) in [6, 6.07) is 8.55. The number of methoxy groups -OCH3 is 2. The van der Waals surface area contributed by atoms with Gasteiger partial charge in [0.15, 0.2) is 0 Å². The van der Waals surface area contributed by atoms with E-state index < -0.39 is 17.7 Å². The number of carbonyl (C=O) groups is 2. The van der Waals surface area contributed by atoms with E-state index in [1.54, 1.807) is 11.0 Å². The molecule has 0 bridgehead atoms. The maximum Gasteiger partial charge on any atom is 0.409 e. The number of fused-ring (bicyclic) bond motifs is 3. The van der Waals surface area contributed by atoms with Gasteiger partial charge in [-0.05, 0) is 48.6 Å². The van der Waals surface area contributed by atoms with E-state index in [1.165, 1.54) is 32.8 Å². The lowest BCUT2D eigenvalue weighted by Gasteiger charge is -2.28. The Hall–Kier alpha value is -3.62. The van der Waals surface area contributed by atoms with Gasteiger partial charge in [0.05, 0.1) is 38.2 Å². The molecule has 1 aliphatic heterocycles. The molecule has 5 rings (SSSR count). The molecular formula is C29H34FN3O5. The van der Waals surface area contributed by atoms with Gasteiger partial charge in [-0.15, -0.1) is 0 Å². The first-order valence-electron chi connectivity index (χ1n) is 13.3. The first-order valence-corrected chi connectivity index (χ1v) is 13.3. The van der Waals surface area contributed by atoms with Crippen LogP contribution in [0.5, 0.6) is 5.75 Å². The van der Waals surface area contributed by atoms with Crippen molar-refractivity contribution in [2.24, 2.45) is 0 Å². The van der Waals surface area contributed by atoms with Gasteiger partial charge in [0, 0.05) is 36.6 Å². The Morgan fingerprint density at radius 1 is 1.16 bits per heavy atom. The number of benzene rings is 2. The first-order chi connectivity index (χ1) is 18.4. The lowest BCUT2D eigenvalue weighted by molar-refractivity contribution is -0.137. The number of imidazole rings is 1. The minimum atomic E-state index is -0.951. The molecule has 2 aliphatic rings. The number of amides is 1. The summed E-state index contributed by atoms with van der Waals surface area (Å²) < 4.78 is 26.8. The van der Waals surface area contributed by atoms with Crippen molar-refractivity contribution < 1.29 is 28.6 Å². The summed E-state index contributed by atoms with van der Waals surface area (Å²) in [6.07, 6.45) is 5.71. The van der Waals surface area contributed by atoms with Crippen molar-refractivity contribution in [2.45, 2.75) is 69.9 Å². The number of hydrogen-bond acceptors (Lipinski definition) is 5. The van der Waals surface area contributed by atoms with Crippen molar-refractivity contribution >= 4 is 23.1 Å². The molecule has 1 amide bonds. The summed E-state index contributed by atoms with van der Waals surface area (Å²) >= 11 is 0. The Morgan fingerprint density at radius 2 is 1.95 bits per heavy atom. The van der Waals surface area contributed by atoms with E-state index in [4.69, 9.17) is 14.5 Å². The third-order valence-corrected chi connectivity index (χ3v) is 7.98. The number of hydrogen-bond donors (Lipinski definition) is 1. The molecule has 2 heterocycles. The summed E-state index contributed by atoms with van der Waals surface area (Å²) in [6.45, 7) is 1.35. The monoisotopic (exact) mass is 523 g/mol. The van der Waals surface area contributed by atoms with E-state index in [-0.39, 0.29) is 18.4 Å². The van der Waals surface area contributed by atoms with Crippen LogP contribution in [0, 0.1) is 5.82 Å². The number of carbonyl (C=O) groups excluding carboxylic acids is 1. The van der Waals surface area contributed by atoms with Gasteiger partial charge < -0.3 is 24.0 Å². The van der Waals surface area contributed by atoms with E-state index in [2.05, 4.69) is 16.7 Å². The topological polar surface area (TPSA) is 93.9 Å². The molecule has 0 radical (unpaired) electrons. The zero-order valence-electron chi connectivity index (χ0n) is 21.9. The standard InChI is InChI=1S/C29H34FN3O5/c1-37-23-13-20(12-22(30)15-23)21(14-26(34)35)16-33-25-9-8-18-10-11-32(29(36)38-2)17-24(18)27(25)31-28(33)19-6-4-3-5-7-19/h8-9,12-13,15,19,21H,3-7,10-11,14,16-17H2,1-2H3,(H,34,35)/t21-/m1/s1. The largest absolute Gasteiger partial charge is 0.497 e. The zero-order valence-corrected chi connectivity index (χ0v) is 21.9. The fraction of sp³-hybridized carbons (Fsp3) is 0.483. The van der Waals surface area contributed by atoms with Crippen LogP contribution in [-0.2, 0) is 29.0 Å². The van der Waals surface area contributed by atoms with Crippen LogP contribution in [0.3, 0.4) is 0 Å². The summed E-state index contributed by atoms with van der Waals surface area (Å²) in [5, 5.41) is 9.76. The van der Waals surface area contributed by atoms with Crippen molar-refractivity contribution in [1.82, 2.24) is 14.5 Å². The molecule has 1 aliphatic carbocycles. The first kappa shape index (κ1) is 26.0. The molecule has 3 aromatic rings. The molecule has 1 N–H and O–H groups in total. The Morgan fingerprint density at radius 3 is 2.66 bits per heavy atom. The smallest absolute Gasteiger partial charge is 0.409 e. The van der Waals surface area contributed by atoms with Crippen molar-refractivity contribution in [3.8, 4) is 5.75 Å². The number of ether oxygens (including phenoxy) is 2. The third kappa shape index (κ3) is 5.19. The van der Waals surface area contributed by atoms with Gasteiger partial charge in [0.25, 0.3) is 0 Å². The van der Waals surface area contributed by atoms with E-state index in [1.807, 2.05) is 0 Å². The average molecular weight is 524 g/mol. The van der Waals surface area contributed by atoms with Crippen molar-refractivity contribution in [3.63, 3.8) is 0 Å². The molecule has 1 saturated carbocycles. The fourth-order valence-electron chi connectivity index (χ4n) is 6.05. The number of carboxylic acids is 1. The number of carboxylic acid groups (broad SMARTS) is 1. The predicted molar refractivity (Wildman–Crippen MR) is 140 cm³/mol. The molecule has 0 saturated heterocycles. The highest BCUT2D eigenvalue weighted by atomic mass is 19.1. The van der Waals surface area contributed by atoms with Gasteiger partial charge in [-0.2, -0.15) is 0 Å². The van der Waals surface area contributed by atoms with Gasteiger partial charge in [-0.25, -0.2) is 14.2 Å². The minimum absolute atomic E-state index is 0.155. The molecular weight excluding hydrogens is 489 g/mol. The molecule has 0 spiro atoms. The molecule has 8 nitrogen and oxygen atoms in total. The quantitative estimate of drug-likeness (QED) is 0.432. The maximum atomic E-state index is 14.4. The molecule has 1 fully saturated rings. The van der Waals surface area contributed by atoms with E-state index >= 15 is 0 Å². The number of halogens is 1. The van der Waals surface area contributed by atoms with Crippen LogP contribution in [0.4, 0.5) is 9.18 Å². The summed E-state index contributed by atoms with van der Waals surface area (Å²) in [5.74, 6) is -0.334. The van der Waals surface area contributed by atoms with Gasteiger partial charge in [0.1, 0.15) is 17.4 Å². The Balaban J connectivity index is 1.62. The van der Waals surface area contributed by atoms with Crippen LogP contribution >= 0.6 is 0 Å². The molecule has 1 aromatic heterocycles. The number of aromatic nitrogens is 2. The van der Waals surface area contributed by atoms with Crippen LogP contribution in [-0.4, -0.2) is 52.4 Å². The molecule has 9 heteroatoms. The second-order valence-electron chi connectivity index (χ2n) is 10.3. The summed E-state index contributed by atoms with van der Waals surface area (Å²) in [4.78, 5) is 31.1. The number of rotatable bonds is 7. The van der Waals surface area contributed by atoms with Crippen LogP contribution in [0.15, 0.2) is 30.3 Å². The van der Waals surface area contributed by atoms with Crippen LogP contribution < -0.4 is 4.74 Å². The Kier molecular flexibility index (Phi) is 7.53. The second-order valence-corrected chi connectivity index (χ2v) is 10.3. The van der Waals surface area contributed by atoms with Gasteiger partial charge >= 0.3 is 12.1 Å². The summed E-state index contributed by atoms with van der Waals surface area (Å²) in [7, 11) is 2.86. The van der Waals surface area contributed by atoms with Gasteiger partial charge in [-0.1, -0.05) is 25.3 Å². The van der Waals surface area contributed by atoms with E-state index in [0.717, 1.165) is 60.1 Å². The van der Waals surface area contributed by atoms with Gasteiger partial charge in [0.2, 0.25) is 0 Å². The highest BCUT2D eigenvalue weighted by molar-refractivity contribution is 5.82. The fourth-order valence-corrected chi connectivity index (χ4v) is 6.05. The molecule has 0 unspecified atom stereocenters.